The van der Waals surface area contributed by atoms with Crippen molar-refractivity contribution < 1.29 is 28.6 Å². The Labute approximate surface area is 192 Å². The van der Waals surface area contributed by atoms with E-state index in [0.29, 0.717) is 18.3 Å². The fourth-order valence-electron chi connectivity index (χ4n) is 6.76. The molecule has 1 aromatic carbocycles. The van der Waals surface area contributed by atoms with Gasteiger partial charge in [0.2, 0.25) is 0 Å². The smallest absolute Gasteiger partial charge is 0.319 e. The number of aromatic amines is 1. The summed E-state index contributed by atoms with van der Waals surface area (Å²) in [5, 5.41) is 0.980. The molecule has 5 unspecified atom stereocenters. The number of nitrogens with zero attached hydrogens (tertiary/aromatic N) is 1. The summed E-state index contributed by atoms with van der Waals surface area (Å²) < 4.78 is 16.0. The van der Waals surface area contributed by atoms with E-state index in [-0.39, 0.29) is 29.9 Å². The molecule has 176 valence electrons. The molecule has 1 N–H and O–H groups in total. The minimum absolute atomic E-state index is 0.0206. The molecule has 1 aliphatic carbocycles. The van der Waals surface area contributed by atoms with Crippen LogP contribution in [0.4, 0.5) is 0 Å². The van der Waals surface area contributed by atoms with Gasteiger partial charge in [0.1, 0.15) is 11.2 Å². The van der Waals surface area contributed by atoms with Crippen molar-refractivity contribution in [1.82, 2.24) is 9.88 Å². The van der Waals surface area contributed by atoms with Crippen LogP contribution in [0.25, 0.3) is 10.9 Å². The summed E-state index contributed by atoms with van der Waals surface area (Å²) in [6.45, 7) is 4.97. The summed E-state index contributed by atoms with van der Waals surface area (Å²) in [5.74, 6) is 0.233. The van der Waals surface area contributed by atoms with Gasteiger partial charge in [0, 0.05) is 49.6 Å². The van der Waals surface area contributed by atoms with Crippen LogP contribution < -0.4 is 4.74 Å². The lowest BCUT2D eigenvalue weighted by molar-refractivity contribution is -0.163. The second-order valence-corrected chi connectivity index (χ2v) is 9.63. The largest absolute Gasteiger partial charge is 0.468 e. The van der Waals surface area contributed by atoms with Crippen LogP contribution in [0.2, 0.25) is 0 Å². The molecule has 8 heteroatoms. The van der Waals surface area contributed by atoms with Crippen molar-refractivity contribution in [1.29, 1.82) is 0 Å². The van der Waals surface area contributed by atoms with Gasteiger partial charge in [-0.25, -0.2) is 0 Å². The molecular formula is C25H30N2O6. The van der Waals surface area contributed by atoms with Gasteiger partial charge in [-0.05, 0) is 61.3 Å². The minimum Gasteiger partial charge on any atom is -0.468 e. The van der Waals surface area contributed by atoms with E-state index in [1.807, 2.05) is 12.1 Å². The average Bonchev–Trinajstić information content (AvgIpc) is 3.10. The van der Waals surface area contributed by atoms with Crippen LogP contribution >= 0.6 is 0 Å². The number of H-pyrrole nitrogens is 1. The molecule has 1 saturated carbocycles. The highest BCUT2D eigenvalue weighted by atomic mass is 16.5. The third-order valence-corrected chi connectivity index (χ3v) is 7.66. The summed E-state index contributed by atoms with van der Waals surface area (Å²) >= 11 is 0. The molecule has 2 aromatic rings. The maximum absolute atomic E-state index is 13.6. The zero-order chi connectivity index (χ0) is 23.3. The standard InChI is InChI=1S/C25H30N2O6/c1-14(28)32-9-7-17-10-16-12-25(24(30)31-3)22-19(6-8-27(13-16)23(17)25)20-11-18(33-15(2)29)4-5-21(20)26-22/h4-5,11,16-17,23,26H,6-10,12-13H2,1-3H3. The molecule has 2 saturated heterocycles. The number of benzene rings is 1. The van der Waals surface area contributed by atoms with Gasteiger partial charge in [0.15, 0.2) is 0 Å². The van der Waals surface area contributed by atoms with E-state index in [1.54, 1.807) is 6.07 Å². The number of esters is 3. The number of hydrogen-bond acceptors (Lipinski definition) is 7. The van der Waals surface area contributed by atoms with E-state index < -0.39 is 5.41 Å². The van der Waals surface area contributed by atoms with Gasteiger partial charge in [0.05, 0.1) is 13.7 Å². The molecule has 4 aliphatic rings. The van der Waals surface area contributed by atoms with E-state index >= 15 is 0 Å². The van der Waals surface area contributed by atoms with Crippen LogP contribution in [-0.2, 0) is 35.7 Å². The Hall–Kier alpha value is -2.87. The molecule has 4 heterocycles. The molecule has 5 atom stereocenters. The number of nitrogens with one attached hydrogen (secondary N) is 1. The van der Waals surface area contributed by atoms with E-state index in [2.05, 4.69) is 9.88 Å². The van der Waals surface area contributed by atoms with E-state index in [1.165, 1.54) is 21.0 Å². The monoisotopic (exact) mass is 454 g/mol. The second-order valence-electron chi connectivity index (χ2n) is 9.63. The third kappa shape index (κ3) is 3.51. The predicted octanol–water partition coefficient (Wildman–Crippen LogP) is 2.72. The third-order valence-electron chi connectivity index (χ3n) is 7.66. The number of piperidine rings is 2. The first kappa shape index (κ1) is 21.9. The van der Waals surface area contributed by atoms with Crippen molar-refractivity contribution in [3.05, 3.63) is 29.5 Å². The normalized spacial score (nSPS) is 29.8. The quantitative estimate of drug-likeness (QED) is 0.548. The van der Waals surface area contributed by atoms with E-state index in [4.69, 9.17) is 14.2 Å². The molecule has 6 rings (SSSR count). The van der Waals surface area contributed by atoms with Crippen LogP contribution in [0.1, 0.15) is 44.4 Å². The van der Waals surface area contributed by atoms with Gasteiger partial charge in [-0.2, -0.15) is 0 Å². The summed E-state index contributed by atoms with van der Waals surface area (Å²) in [6.07, 6.45) is 3.27. The van der Waals surface area contributed by atoms with Gasteiger partial charge < -0.3 is 19.2 Å². The lowest BCUT2D eigenvalue weighted by Crippen LogP contribution is -2.67. The first-order valence-electron chi connectivity index (χ1n) is 11.6. The minimum atomic E-state index is -0.802. The molecule has 0 radical (unpaired) electrons. The fraction of sp³-hybridized carbons (Fsp3) is 0.560. The van der Waals surface area contributed by atoms with Gasteiger partial charge in [-0.1, -0.05) is 0 Å². The van der Waals surface area contributed by atoms with Crippen LogP contribution in [0.5, 0.6) is 5.75 Å². The highest BCUT2D eigenvalue weighted by molar-refractivity contribution is 5.92. The SMILES string of the molecule is COC(=O)C12CC3CC(CCOC(C)=O)C1N(CCc1c2[nH]c2ccc(OC(C)=O)cc12)C3. The van der Waals surface area contributed by atoms with Gasteiger partial charge in [-0.3, -0.25) is 19.3 Å². The number of rotatable bonds is 5. The Bertz CT molecular complexity index is 1120. The summed E-state index contributed by atoms with van der Waals surface area (Å²) in [4.78, 5) is 42.4. The number of fused-ring (bicyclic) bond motifs is 4. The average molecular weight is 455 g/mol. The van der Waals surface area contributed by atoms with Gasteiger partial charge in [-0.15, -0.1) is 0 Å². The molecule has 3 aliphatic heterocycles. The molecule has 8 nitrogen and oxygen atoms in total. The Morgan fingerprint density at radius 3 is 2.76 bits per heavy atom. The topological polar surface area (TPSA) is 97.9 Å². The number of carbonyl (C=O) groups is 3. The fourth-order valence-corrected chi connectivity index (χ4v) is 6.76. The van der Waals surface area contributed by atoms with Crippen molar-refractivity contribution in [2.24, 2.45) is 11.8 Å². The molecule has 33 heavy (non-hydrogen) atoms. The molecule has 3 fully saturated rings. The molecule has 4 bridgehead atoms. The molecular weight excluding hydrogens is 424 g/mol. The Morgan fingerprint density at radius 1 is 1.21 bits per heavy atom. The van der Waals surface area contributed by atoms with Crippen molar-refractivity contribution >= 4 is 28.8 Å². The summed E-state index contributed by atoms with van der Waals surface area (Å²) in [7, 11) is 1.46. The highest BCUT2D eigenvalue weighted by Crippen LogP contribution is 2.55. The van der Waals surface area contributed by atoms with Crippen LogP contribution in [0.15, 0.2) is 18.2 Å². The first-order valence-corrected chi connectivity index (χ1v) is 11.6. The van der Waals surface area contributed by atoms with Crippen molar-refractivity contribution in [3.8, 4) is 5.75 Å². The Balaban J connectivity index is 1.63. The molecule has 0 amide bonds. The maximum atomic E-state index is 13.6. The number of carbonyl (C=O) groups excluding carboxylic acids is 3. The van der Waals surface area contributed by atoms with Gasteiger partial charge in [0.25, 0.3) is 0 Å². The number of methoxy groups -OCH3 is 1. The summed E-state index contributed by atoms with van der Waals surface area (Å²) in [6, 6.07) is 5.54. The maximum Gasteiger partial charge on any atom is 0.319 e. The number of ether oxygens (including phenoxy) is 3. The van der Waals surface area contributed by atoms with Crippen molar-refractivity contribution in [2.45, 2.75) is 51.0 Å². The number of aromatic nitrogens is 1. The first-order chi connectivity index (χ1) is 15.8. The molecule has 1 aromatic heterocycles. The lowest BCUT2D eigenvalue weighted by Gasteiger charge is -2.57. The lowest BCUT2D eigenvalue weighted by atomic mass is 9.56. The van der Waals surface area contributed by atoms with Crippen molar-refractivity contribution in [2.75, 3.05) is 26.8 Å². The van der Waals surface area contributed by atoms with E-state index in [9.17, 15) is 14.4 Å². The second kappa shape index (κ2) is 8.17. The van der Waals surface area contributed by atoms with Gasteiger partial charge >= 0.3 is 17.9 Å². The zero-order valence-corrected chi connectivity index (χ0v) is 19.3. The Morgan fingerprint density at radius 2 is 2.03 bits per heavy atom. The molecule has 0 spiro atoms. The number of hydrogen-bond donors (Lipinski definition) is 1. The Kier molecular flexibility index (Phi) is 5.43. The summed E-state index contributed by atoms with van der Waals surface area (Å²) in [5.41, 5.74) is 2.14. The highest BCUT2D eigenvalue weighted by Gasteiger charge is 2.62. The predicted molar refractivity (Wildman–Crippen MR) is 120 cm³/mol. The zero-order valence-electron chi connectivity index (χ0n) is 19.3. The van der Waals surface area contributed by atoms with Crippen LogP contribution in [-0.4, -0.2) is 60.6 Å². The van der Waals surface area contributed by atoms with Crippen molar-refractivity contribution in [3.63, 3.8) is 0 Å². The van der Waals surface area contributed by atoms with Crippen LogP contribution in [0, 0.1) is 11.8 Å². The van der Waals surface area contributed by atoms with Crippen LogP contribution in [0.3, 0.4) is 0 Å². The van der Waals surface area contributed by atoms with E-state index in [0.717, 1.165) is 60.9 Å².